The van der Waals surface area contributed by atoms with Gasteiger partial charge in [-0.15, -0.1) is 0 Å². The highest BCUT2D eigenvalue weighted by atomic mass is 19.1. The largest absolute Gasteiger partial charge is 0.328 e. The van der Waals surface area contributed by atoms with E-state index in [1.165, 1.54) is 17.6 Å². The van der Waals surface area contributed by atoms with Crippen molar-refractivity contribution >= 4 is 19.2 Å². The summed E-state index contributed by atoms with van der Waals surface area (Å²) < 4.78 is 13.0. The lowest BCUT2D eigenvalue weighted by atomic mass is 9.90. The molecule has 1 aliphatic rings. The summed E-state index contributed by atoms with van der Waals surface area (Å²) >= 11 is 0. The quantitative estimate of drug-likeness (QED) is 0.772. The summed E-state index contributed by atoms with van der Waals surface area (Å²) in [5, 5.41) is 0. The topological polar surface area (TPSA) is 20.3 Å². The summed E-state index contributed by atoms with van der Waals surface area (Å²) in [5.41, 5.74) is 5.08. The Labute approximate surface area is 125 Å². The van der Waals surface area contributed by atoms with Gasteiger partial charge in [0.15, 0.2) is 0 Å². The van der Waals surface area contributed by atoms with Crippen molar-refractivity contribution in [3.8, 4) is 0 Å². The summed E-state index contributed by atoms with van der Waals surface area (Å²) in [5.74, 6) is -0.187. The van der Waals surface area contributed by atoms with Crippen LogP contribution in [0.5, 0.6) is 0 Å². The molecular weight excluding hydrogens is 264 g/mol. The van der Waals surface area contributed by atoms with E-state index in [0.717, 1.165) is 22.3 Å². The van der Waals surface area contributed by atoms with E-state index in [4.69, 9.17) is 0 Å². The minimum atomic E-state index is -0.256. The average molecular weight is 281 g/mol. The summed E-state index contributed by atoms with van der Waals surface area (Å²) in [6.45, 7) is 4.59. The van der Waals surface area contributed by atoms with E-state index in [1.807, 2.05) is 32.7 Å². The summed E-state index contributed by atoms with van der Waals surface area (Å²) in [6, 6.07) is 10.4. The second-order valence-corrected chi connectivity index (χ2v) is 5.78. The fraction of sp³-hybridized carbons (Fsp3) is 0.235. The number of rotatable bonds is 2. The molecule has 0 spiro atoms. The van der Waals surface area contributed by atoms with Gasteiger partial charge in [0.2, 0.25) is 0 Å². The van der Waals surface area contributed by atoms with Crippen LogP contribution in [0.15, 0.2) is 36.4 Å². The van der Waals surface area contributed by atoms with Gasteiger partial charge >= 0.3 is 0 Å². The first-order chi connectivity index (χ1) is 9.97. The fourth-order valence-corrected chi connectivity index (χ4v) is 3.12. The summed E-state index contributed by atoms with van der Waals surface area (Å²) in [7, 11) is 2.05. The second-order valence-electron chi connectivity index (χ2n) is 5.78. The lowest BCUT2D eigenvalue weighted by Gasteiger charge is -2.24. The minimum absolute atomic E-state index is 0.0646. The number of carbonyl (C=O) groups is 1. The van der Waals surface area contributed by atoms with Crippen LogP contribution in [0.1, 0.15) is 40.0 Å². The molecule has 0 unspecified atom stereocenters. The molecule has 0 N–H and O–H groups in total. The van der Waals surface area contributed by atoms with Gasteiger partial charge in [-0.3, -0.25) is 4.79 Å². The Morgan fingerprint density at radius 2 is 1.90 bits per heavy atom. The summed E-state index contributed by atoms with van der Waals surface area (Å²) in [4.78, 5) is 14.5. The lowest BCUT2D eigenvalue weighted by Crippen LogP contribution is -2.27. The van der Waals surface area contributed by atoms with Crippen molar-refractivity contribution in [3.63, 3.8) is 0 Å². The molecule has 4 heteroatoms. The Hall–Kier alpha value is -2.10. The van der Waals surface area contributed by atoms with Crippen molar-refractivity contribution in [2.24, 2.45) is 0 Å². The number of aryl methyl sites for hydroxylation is 1. The van der Waals surface area contributed by atoms with Crippen molar-refractivity contribution < 1.29 is 9.18 Å². The zero-order chi connectivity index (χ0) is 15.1. The molecule has 0 fully saturated rings. The van der Waals surface area contributed by atoms with Crippen LogP contribution in [-0.2, 0) is 6.54 Å². The van der Waals surface area contributed by atoms with E-state index in [0.29, 0.717) is 6.54 Å². The molecule has 21 heavy (non-hydrogen) atoms. The van der Waals surface area contributed by atoms with Gasteiger partial charge in [-0.25, -0.2) is 4.39 Å². The first kappa shape index (κ1) is 13.9. The van der Waals surface area contributed by atoms with Gasteiger partial charge in [-0.1, -0.05) is 29.7 Å². The monoisotopic (exact) mass is 281 g/mol. The van der Waals surface area contributed by atoms with Crippen molar-refractivity contribution in [2.75, 3.05) is 0 Å². The van der Waals surface area contributed by atoms with Crippen molar-refractivity contribution in [1.82, 2.24) is 4.90 Å². The molecule has 1 atom stereocenters. The third kappa shape index (κ3) is 2.35. The molecule has 1 aliphatic heterocycles. The average Bonchev–Trinajstić information content (AvgIpc) is 2.76. The Morgan fingerprint density at radius 1 is 1.24 bits per heavy atom. The molecule has 2 aromatic rings. The zero-order valence-corrected chi connectivity index (χ0v) is 12.5. The third-order valence-corrected chi connectivity index (χ3v) is 4.20. The Balaban J connectivity index is 1.94. The first-order valence-corrected chi connectivity index (χ1v) is 7.14. The van der Waals surface area contributed by atoms with E-state index >= 15 is 0 Å². The van der Waals surface area contributed by atoms with Crippen LogP contribution in [-0.4, -0.2) is 18.7 Å². The molecule has 2 nitrogen and oxygen atoms in total. The molecule has 3 rings (SSSR count). The van der Waals surface area contributed by atoms with Gasteiger partial charge in [0.1, 0.15) is 13.7 Å². The molecular formula is C17H17BFNO. The van der Waals surface area contributed by atoms with Crippen LogP contribution >= 0.6 is 0 Å². The van der Waals surface area contributed by atoms with Gasteiger partial charge in [-0.2, -0.15) is 0 Å². The number of hydrogen-bond donors (Lipinski definition) is 0. The van der Waals surface area contributed by atoms with Gasteiger partial charge in [0.25, 0.3) is 5.91 Å². The highest BCUT2D eigenvalue weighted by Gasteiger charge is 2.32. The Morgan fingerprint density at radius 3 is 2.57 bits per heavy atom. The van der Waals surface area contributed by atoms with Crippen LogP contribution in [0.3, 0.4) is 0 Å². The highest BCUT2D eigenvalue weighted by molar-refractivity contribution is 6.32. The first-order valence-electron chi connectivity index (χ1n) is 7.14. The van der Waals surface area contributed by atoms with Gasteiger partial charge < -0.3 is 4.90 Å². The van der Waals surface area contributed by atoms with E-state index in [2.05, 4.69) is 6.07 Å². The standard InChI is InChI=1S/C17H17BFNO/c1-10-7-14(18)8-13-9-20(17(21)16(10)13)11(2)12-3-5-15(19)6-4-12/h3-8,11H,9,18H2,1-2H3/t11-/m0/s1. The molecule has 1 heterocycles. The van der Waals surface area contributed by atoms with Gasteiger partial charge in [-0.05, 0) is 42.7 Å². The van der Waals surface area contributed by atoms with Gasteiger partial charge in [0, 0.05) is 12.1 Å². The van der Waals surface area contributed by atoms with Crippen LogP contribution in [0, 0.1) is 12.7 Å². The smallest absolute Gasteiger partial charge is 0.255 e. The normalized spacial score (nSPS) is 15.2. The van der Waals surface area contributed by atoms with E-state index in [1.54, 1.807) is 12.1 Å². The van der Waals surface area contributed by atoms with Gasteiger partial charge in [0.05, 0.1) is 6.04 Å². The molecule has 2 aromatic carbocycles. The fourth-order valence-electron chi connectivity index (χ4n) is 3.12. The molecule has 0 radical (unpaired) electrons. The maximum Gasteiger partial charge on any atom is 0.255 e. The lowest BCUT2D eigenvalue weighted by molar-refractivity contribution is 0.0715. The SMILES string of the molecule is Bc1cc(C)c2c(c1)CN([C@@H](C)c1ccc(F)cc1)C2=O. The number of benzene rings is 2. The number of halogens is 1. The number of fused-ring (bicyclic) bond motifs is 1. The zero-order valence-electron chi connectivity index (χ0n) is 12.5. The van der Waals surface area contributed by atoms with E-state index in [-0.39, 0.29) is 17.8 Å². The van der Waals surface area contributed by atoms with Crippen LogP contribution in [0.2, 0.25) is 0 Å². The van der Waals surface area contributed by atoms with Crippen LogP contribution in [0.25, 0.3) is 0 Å². The molecule has 0 aromatic heterocycles. The maximum absolute atomic E-state index is 13.0. The van der Waals surface area contributed by atoms with Crippen molar-refractivity contribution in [2.45, 2.75) is 26.4 Å². The minimum Gasteiger partial charge on any atom is -0.328 e. The molecule has 0 saturated carbocycles. The second kappa shape index (κ2) is 5.03. The molecule has 1 amide bonds. The molecule has 0 bridgehead atoms. The Kier molecular flexibility index (Phi) is 3.32. The highest BCUT2D eigenvalue weighted by Crippen LogP contribution is 2.32. The maximum atomic E-state index is 13.0. The number of amides is 1. The number of nitrogens with zero attached hydrogens (tertiary/aromatic N) is 1. The molecule has 0 aliphatic carbocycles. The van der Waals surface area contributed by atoms with Crippen molar-refractivity contribution in [3.05, 3.63) is 64.5 Å². The predicted octanol–water partition coefficient (Wildman–Crippen LogP) is 2.11. The van der Waals surface area contributed by atoms with Crippen molar-refractivity contribution in [1.29, 1.82) is 0 Å². The number of hydrogen-bond acceptors (Lipinski definition) is 1. The Bertz CT molecular complexity index is 711. The molecule has 0 saturated heterocycles. The predicted molar refractivity (Wildman–Crippen MR) is 84.0 cm³/mol. The van der Waals surface area contributed by atoms with E-state index < -0.39 is 0 Å². The van der Waals surface area contributed by atoms with E-state index in [9.17, 15) is 9.18 Å². The summed E-state index contributed by atoms with van der Waals surface area (Å²) in [6.07, 6.45) is 0. The third-order valence-electron chi connectivity index (χ3n) is 4.20. The van der Waals surface area contributed by atoms with Crippen LogP contribution < -0.4 is 5.46 Å². The van der Waals surface area contributed by atoms with Crippen LogP contribution in [0.4, 0.5) is 4.39 Å². The molecule has 106 valence electrons. The number of carbonyl (C=O) groups excluding carboxylic acids is 1.